The van der Waals surface area contributed by atoms with E-state index in [1.807, 2.05) is 22.6 Å². The largest absolute Gasteiger partial charge is 0.355 e. The highest BCUT2D eigenvalue weighted by molar-refractivity contribution is 7.99. The predicted octanol–water partition coefficient (Wildman–Crippen LogP) is 4.21. The van der Waals surface area contributed by atoms with Crippen molar-refractivity contribution in [1.82, 2.24) is 24.1 Å². The number of nitrogens with one attached hydrogen (secondary N) is 1. The SMILES string of the molecule is CC(=O)c1c(C)[nH]c(C(=O)CSc2nnc3n(CCC(C)C)c(=O)c4ccccc4n23)c1C. The molecule has 0 saturated heterocycles. The smallest absolute Gasteiger partial charge is 0.262 e. The molecule has 0 aliphatic heterocycles. The predicted molar refractivity (Wildman–Crippen MR) is 130 cm³/mol. The third-order valence-electron chi connectivity index (χ3n) is 5.81. The summed E-state index contributed by atoms with van der Waals surface area (Å²) in [5.41, 5.74) is 3.00. The van der Waals surface area contributed by atoms with Gasteiger partial charge in [0.2, 0.25) is 5.78 Å². The number of fused-ring (bicyclic) bond motifs is 3. The van der Waals surface area contributed by atoms with E-state index in [4.69, 9.17) is 0 Å². The molecule has 0 aliphatic carbocycles. The molecule has 8 nitrogen and oxygen atoms in total. The molecule has 0 amide bonds. The Morgan fingerprint density at radius 1 is 1.15 bits per heavy atom. The van der Waals surface area contributed by atoms with Crippen LogP contribution in [-0.2, 0) is 6.54 Å². The average Bonchev–Trinajstić information content (AvgIpc) is 3.32. The van der Waals surface area contributed by atoms with E-state index >= 15 is 0 Å². The van der Waals surface area contributed by atoms with Crippen molar-refractivity contribution >= 4 is 40.0 Å². The summed E-state index contributed by atoms with van der Waals surface area (Å²) in [6.07, 6.45) is 0.839. The number of hydrogen-bond donors (Lipinski definition) is 1. The Kier molecular flexibility index (Phi) is 6.25. The Hall–Kier alpha value is -3.20. The first-order chi connectivity index (χ1) is 15.7. The van der Waals surface area contributed by atoms with Gasteiger partial charge in [-0.15, -0.1) is 10.2 Å². The number of benzene rings is 1. The normalized spacial score (nSPS) is 11.7. The van der Waals surface area contributed by atoms with E-state index in [1.54, 1.807) is 24.5 Å². The van der Waals surface area contributed by atoms with Crippen molar-refractivity contribution in [2.75, 3.05) is 5.75 Å². The van der Waals surface area contributed by atoms with Crippen LogP contribution < -0.4 is 5.56 Å². The number of aryl methyl sites for hydroxylation is 2. The maximum atomic E-state index is 13.1. The summed E-state index contributed by atoms with van der Waals surface area (Å²) in [5, 5.41) is 9.75. The minimum atomic E-state index is -0.123. The van der Waals surface area contributed by atoms with Gasteiger partial charge in [-0.25, -0.2) is 0 Å². The van der Waals surface area contributed by atoms with Crippen LogP contribution in [0.15, 0.2) is 34.2 Å². The highest BCUT2D eigenvalue weighted by Crippen LogP contribution is 2.25. The lowest BCUT2D eigenvalue weighted by Gasteiger charge is -2.12. The van der Waals surface area contributed by atoms with Gasteiger partial charge in [0.05, 0.1) is 22.3 Å². The van der Waals surface area contributed by atoms with Gasteiger partial charge in [-0.1, -0.05) is 37.7 Å². The first kappa shape index (κ1) is 23.0. The van der Waals surface area contributed by atoms with Crippen molar-refractivity contribution in [3.63, 3.8) is 0 Å². The summed E-state index contributed by atoms with van der Waals surface area (Å²) in [6, 6.07) is 7.37. The number of thioether (sulfide) groups is 1. The second kappa shape index (κ2) is 8.97. The van der Waals surface area contributed by atoms with Crippen LogP contribution in [0, 0.1) is 19.8 Å². The first-order valence-corrected chi connectivity index (χ1v) is 11.9. The number of aromatic amines is 1. The maximum Gasteiger partial charge on any atom is 0.262 e. The van der Waals surface area contributed by atoms with E-state index < -0.39 is 0 Å². The molecule has 0 bridgehead atoms. The average molecular weight is 466 g/mol. The number of Topliss-reactive ketones (excluding diaryl/α,β-unsaturated/α-hetero) is 2. The van der Waals surface area contributed by atoms with E-state index in [0.29, 0.717) is 56.8 Å². The molecule has 172 valence electrons. The lowest BCUT2D eigenvalue weighted by atomic mass is 10.1. The van der Waals surface area contributed by atoms with Crippen molar-refractivity contribution < 1.29 is 9.59 Å². The lowest BCUT2D eigenvalue weighted by molar-refractivity contribution is 0.101. The second-order valence-electron chi connectivity index (χ2n) is 8.67. The molecule has 1 aromatic carbocycles. The second-order valence-corrected chi connectivity index (χ2v) is 9.61. The molecule has 1 N–H and O–H groups in total. The first-order valence-electron chi connectivity index (χ1n) is 10.9. The molecule has 3 heterocycles. The highest BCUT2D eigenvalue weighted by Gasteiger charge is 2.22. The molecule has 0 radical (unpaired) electrons. The van der Waals surface area contributed by atoms with Crippen molar-refractivity contribution in [3.8, 4) is 0 Å². The van der Waals surface area contributed by atoms with Crippen molar-refractivity contribution in [3.05, 3.63) is 57.1 Å². The topological polar surface area (TPSA) is 102 Å². The van der Waals surface area contributed by atoms with Gasteiger partial charge in [-0.2, -0.15) is 0 Å². The van der Waals surface area contributed by atoms with Gasteiger partial charge in [0.1, 0.15) is 0 Å². The Bertz CT molecular complexity index is 1440. The fourth-order valence-electron chi connectivity index (χ4n) is 4.18. The molecule has 0 spiro atoms. The summed E-state index contributed by atoms with van der Waals surface area (Å²) in [6.45, 7) is 9.84. The van der Waals surface area contributed by atoms with Crippen LogP contribution >= 0.6 is 11.8 Å². The van der Waals surface area contributed by atoms with Gasteiger partial charge in [0, 0.05) is 17.8 Å². The van der Waals surface area contributed by atoms with Gasteiger partial charge >= 0.3 is 0 Å². The molecule has 9 heteroatoms. The number of carbonyl (C=O) groups is 2. The summed E-state index contributed by atoms with van der Waals surface area (Å²) >= 11 is 1.27. The van der Waals surface area contributed by atoms with Crippen LogP contribution in [0.25, 0.3) is 16.7 Å². The van der Waals surface area contributed by atoms with Gasteiger partial charge in [-0.05, 0) is 50.8 Å². The van der Waals surface area contributed by atoms with Crippen molar-refractivity contribution in [2.24, 2.45) is 5.92 Å². The Morgan fingerprint density at radius 2 is 1.88 bits per heavy atom. The van der Waals surface area contributed by atoms with Crippen LogP contribution in [0.2, 0.25) is 0 Å². The number of carbonyl (C=O) groups excluding carboxylic acids is 2. The molecule has 0 aliphatic rings. The fourth-order valence-corrected chi connectivity index (χ4v) is 4.99. The molecule has 0 saturated carbocycles. The Labute approximate surface area is 195 Å². The molecule has 3 aromatic heterocycles. The van der Waals surface area contributed by atoms with Crippen LogP contribution in [-0.4, -0.2) is 41.5 Å². The zero-order chi connectivity index (χ0) is 23.9. The van der Waals surface area contributed by atoms with Crippen LogP contribution in [0.3, 0.4) is 0 Å². The molecule has 4 aromatic rings. The number of hydrogen-bond acceptors (Lipinski definition) is 6. The lowest BCUT2D eigenvalue weighted by Crippen LogP contribution is -2.24. The number of rotatable bonds is 8. The van der Waals surface area contributed by atoms with E-state index in [1.165, 1.54) is 18.7 Å². The molecule has 0 unspecified atom stereocenters. The van der Waals surface area contributed by atoms with Gasteiger partial charge in [0.15, 0.2) is 16.7 Å². The van der Waals surface area contributed by atoms with Gasteiger partial charge in [0.25, 0.3) is 5.56 Å². The molecule has 4 rings (SSSR count). The number of aromatic nitrogens is 5. The number of H-pyrrole nitrogens is 1. The number of nitrogens with zero attached hydrogens (tertiary/aromatic N) is 4. The molecule has 0 fully saturated rings. The molecular weight excluding hydrogens is 438 g/mol. The Morgan fingerprint density at radius 3 is 2.55 bits per heavy atom. The maximum absolute atomic E-state index is 13.1. The van der Waals surface area contributed by atoms with Crippen LogP contribution in [0.4, 0.5) is 0 Å². The van der Waals surface area contributed by atoms with Crippen LogP contribution in [0.1, 0.15) is 59.3 Å². The third-order valence-corrected chi connectivity index (χ3v) is 6.74. The van der Waals surface area contributed by atoms with Gasteiger partial charge in [-0.3, -0.25) is 23.4 Å². The third kappa shape index (κ3) is 4.13. The molecular formula is C24H27N5O3S. The zero-order valence-electron chi connectivity index (χ0n) is 19.4. The van der Waals surface area contributed by atoms with E-state index in [2.05, 4.69) is 29.0 Å². The van der Waals surface area contributed by atoms with Crippen molar-refractivity contribution in [1.29, 1.82) is 0 Å². The quantitative estimate of drug-likeness (QED) is 0.309. The molecule has 0 atom stereocenters. The number of para-hydroxylation sites is 1. The van der Waals surface area contributed by atoms with E-state index in [0.717, 1.165) is 6.42 Å². The summed E-state index contributed by atoms with van der Waals surface area (Å²) in [7, 11) is 0. The zero-order valence-corrected chi connectivity index (χ0v) is 20.2. The van der Waals surface area contributed by atoms with E-state index in [9.17, 15) is 14.4 Å². The van der Waals surface area contributed by atoms with Crippen molar-refractivity contribution in [2.45, 2.75) is 52.7 Å². The van der Waals surface area contributed by atoms with E-state index in [-0.39, 0.29) is 22.9 Å². The highest BCUT2D eigenvalue weighted by atomic mass is 32.2. The monoisotopic (exact) mass is 465 g/mol. The fraction of sp³-hybridized carbons (Fsp3) is 0.375. The Balaban J connectivity index is 1.72. The summed E-state index contributed by atoms with van der Waals surface area (Å²) in [4.78, 5) is 41.1. The summed E-state index contributed by atoms with van der Waals surface area (Å²) in [5.74, 6) is 0.841. The molecule has 33 heavy (non-hydrogen) atoms. The minimum absolute atomic E-state index is 0.0674. The minimum Gasteiger partial charge on any atom is -0.355 e. The van der Waals surface area contributed by atoms with Crippen LogP contribution in [0.5, 0.6) is 0 Å². The standard InChI is InChI=1S/C24H27N5O3S/c1-13(2)10-11-28-22(32)17-8-6-7-9-18(17)29-23(28)26-27-24(29)33-12-19(31)21-14(3)20(16(5)30)15(4)25-21/h6-9,13,25H,10-12H2,1-5H3. The summed E-state index contributed by atoms with van der Waals surface area (Å²) < 4.78 is 3.52. The van der Waals surface area contributed by atoms with Gasteiger partial charge < -0.3 is 4.98 Å². The number of ketones is 2.